The molecule has 1 heterocycles. The Balaban J connectivity index is 2.47. The molecule has 0 unspecified atom stereocenters. The highest BCUT2D eigenvalue weighted by Crippen LogP contribution is 1.99. The minimum atomic E-state index is 1.19. The molecule has 15 heavy (non-hydrogen) atoms. The van der Waals surface area contributed by atoms with Gasteiger partial charge in [-0.2, -0.15) is 0 Å². The summed E-state index contributed by atoms with van der Waals surface area (Å²) in [5.74, 6) is 0. The van der Waals surface area contributed by atoms with Gasteiger partial charge < -0.3 is 14.7 Å². The van der Waals surface area contributed by atoms with Crippen LogP contribution in [0.15, 0.2) is 0 Å². The second-order valence-electron chi connectivity index (χ2n) is 4.30. The lowest BCUT2D eigenvalue weighted by molar-refractivity contribution is 0.232. The van der Waals surface area contributed by atoms with Crippen molar-refractivity contribution in [2.24, 2.45) is 0 Å². The predicted molar refractivity (Wildman–Crippen MR) is 66.3 cm³/mol. The highest BCUT2D eigenvalue weighted by atomic mass is 15.3. The molecule has 0 aromatic rings. The monoisotopic (exact) mass is 213 g/mol. The molecule has 0 N–H and O–H groups in total. The van der Waals surface area contributed by atoms with Crippen LogP contribution in [0, 0.1) is 0 Å². The van der Waals surface area contributed by atoms with E-state index in [0.29, 0.717) is 0 Å². The highest BCUT2D eigenvalue weighted by Gasteiger charge is 2.12. The zero-order valence-corrected chi connectivity index (χ0v) is 10.7. The SMILES string of the molecule is CCN1CCN(CC)CCN(CC)CC1. The van der Waals surface area contributed by atoms with Crippen molar-refractivity contribution in [1.29, 1.82) is 0 Å². The summed E-state index contributed by atoms with van der Waals surface area (Å²) >= 11 is 0. The zero-order valence-electron chi connectivity index (χ0n) is 10.7. The molecule has 0 amide bonds. The smallest absolute Gasteiger partial charge is 0.0110 e. The number of likely N-dealkylation sites (N-methyl/N-ethyl adjacent to an activating group) is 3. The molecular weight excluding hydrogens is 186 g/mol. The zero-order chi connectivity index (χ0) is 11.1. The topological polar surface area (TPSA) is 9.72 Å². The van der Waals surface area contributed by atoms with Crippen LogP contribution in [0.2, 0.25) is 0 Å². The summed E-state index contributed by atoms with van der Waals surface area (Å²) in [6, 6.07) is 0. The second kappa shape index (κ2) is 7.20. The average Bonchev–Trinajstić information content (AvgIpc) is 2.38. The molecular formula is C12H27N3. The molecule has 90 valence electrons. The van der Waals surface area contributed by atoms with Crippen molar-refractivity contribution < 1.29 is 0 Å². The first-order valence-electron chi connectivity index (χ1n) is 6.47. The maximum Gasteiger partial charge on any atom is 0.0110 e. The minimum absolute atomic E-state index is 1.19. The number of hydrogen-bond acceptors (Lipinski definition) is 3. The summed E-state index contributed by atoms with van der Waals surface area (Å²) in [5.41, 5.74) is 0. The number of nitrogens with zero attached hydrogens (tertiary/aromatic N) is 3. The van der Waals surface area contributed by atoms with Gasteiger partial charge in [0.25, 0.3) is 0 Å². The molecule has 1 aliphatic rings. The van der Waals surface area contributed by atoms with E-state index >= 15 is 0 Å². The lowest BCUT2D eigenvalue weighted by Crippen LogP contribution is -2.35. The molecule has 0 atom stereocenters. The van der Waals surface area contributed by atoms with Crippen molar-refractivity contribution >= 4 is 0 Å². The van der Waals surface area contributed by atoms with E-state index in [0.717, 1.165) is 0 Å². The van der Waals surface area contributed by atoms with Gasteiger partial charge >= 0.3 is 0 Å². The minimum Gasteiger partial charge on any atom is -0.301 e. The Morgan fingerprint density at radius 2 is 0.733 bits per heavy atom. The van der Waals surface area contributed by atoms with E-state index in [9.17, 15) is 0 Å². The first-order chi connectivity index (χ1) is 7.30. The number of rotatable bonds is 3. The molecule has 3 heteroatoms. The lowest BCUT2D eigenvalue weighted by Gasteiger charge is -2.23. The fourth-order valence-electron chi connectivity index (χ4n) is 2.13. The molecule has 1 rings (SSSR count). The summed E-state index contributed by atoms with van der Waals surface area (Å²) < 4.78 is 0. The Morgan fingerprint density at radius 1 is 0.533 bits per heavy atom. The quantitative estimate of drug-likeness (QED) is 0.691. The lowest BCUT2D eigenvalue weighted by atomic mass is 10.4. The van der Waals surface area contributed by atoms with E-state index in [1.807, 2.05) is 0 Å². The van der Waals surface area contributed by atoms with E-state index < -0.39 is 0 Å². The van der Waals surface area contributed by atoms with Crippen LogP contribution in [0.25, 0.3) is 0 Å². The van der Waals surface area contributed by atoms with Crippen LogP contribution in [0.3, 0.4) is 0 Å². The third-order valence-corrected chi connectivity index (χ3v) is 3.54. The maximum absolute atomic E-state index is 2.57. The van der Waals surface area contributed by atoms with Gasteiger partial charge in [0.1, 0.15) is 0 Å². The van der Waals surface area contributed by atoms with Gasteiger partial charge in [-0.3, -0.25) is 0 Å². The third kappa shape index (κ3) is 4.49. The van der Waals surface area contributed by atoms with Crippen molar-refractivity contribution in [3.8, 4) is 0 Å². The van der Waals surface area contributed by atoms with Gasteiger partial charge in [-0.1, -0.05) is 20.8 Å². The van der Waals surface area contributed by atoms with Gasteiger partial charge in [-0.25, -0.2) is 0 Å². The average molecular weight is 213 g/mol. The van der Waals surface area contributed by atoms with E-state index in [1.54, 1.807) is 0 Å². The standard InChI is InChI=1S/C12H27N3/c1-4-13-7-9-14(5-2)11-12-15(6-3)10-8-13/h4-12H2,1-3H3. The van der Waals surface area contributed by atoms with E-state index in [2.05, 4.69) is 35.5 Å². The van der Waals surface area contributed by atoms with Crippen LogP contribution >= 0.6 is 0 Å². The second-order valence-corrected chi connectivity index (χ2v) is 4.30. The molecule has 0 aromatic carbocycles. The van der Waals surface area contributed by atoms with Gasteiger partial charge in [0.05, 0.1) is 0 Å². The Labute approximate surface area is 95.0 Å². The van der Waals surface area contributed by atoms with Crippen molar-refractivity contribution in [2.75, 3.05) is 58.9 Å². The first kappa shape index (κ1) is 12.9. The number of hydrogen-bond donors (Lipinski definition) is 0. The summed E-state index contributed by atoms with van der Waals surface area (Å²) in [4.78, 5) is 7.70. The summed E-state index contributed by atoms with van der Waals surface area (Å²) in [7, 11) is 0. The Hall–Kier alpha value is -0.120. The van der Waals surface area contributed by atoms with Crippen molar-refractivity contribution in [2.45, 2.75) is 20.8 Å². The molecule has 1 saturated heterocycles. The molecule has 1 fully saturated rings. The fraction of sp³-hybridized carbons (Fsp3) is 1.00. The maximum atomic E-state index is 2.57. The van der Waals surface area contributed by atoms with Crippen LogP contribution in [0.4, 0.5) is 0 Å². The van der Waals surface area contributed by atoms with Crippen LogP contribution in [-0.4, -0.2) is 73.6 Å². The molecule has 0 bridgehead atoms. The molecule has 3 nitrogen and oxygen atoms in total. The van der Waals surface area contributed by atoms with Crippen LogP contribution < -0.4 is 0 Å². The van der Waals surface area contributed by atoms with Gasteiger partial charge in [-0.15, -0.1) is 0 Å². The van der Waals surface area contributed by atoms with Gasteiger partial charge in [0.15, 0.2) is 0 Å². The van der Waals surface area contributed by atoms with Gasteiger partial charge in [0.2, 0.25) is 0 Å². The molecule has 0 aliphatic carbocycles. The molecule has 0 radical (unpaired) electrons. The van der Waals surface area contributed by atoms with E-state index in [1.165, 1.54) is 58.9 Å². The van der Waals surface area contributed by atoms with Gasteiger partial charge in [-0.05, 0) is 19.6 Å². The first-order valence-corrected chi connectivity index (χ1v) is 6.47. The largest absolute Gasteiger partial charge is 0.301 e. The Bertz CT molecular complexity index is 120. The van der Waals surface area contributed by atoms with Crippen molar-refractivity contribution in [3.05, 3.63) is 0 Å². The van der Waals surface area contributed by atoms with E-state index in [4.69, 9.17) is 0 Å². The predicted octanol–water partition coefficient (Wildman–Crippen LogP) is 0.966. The molecule has 1 aliphatic heterocycles. The third-order valence-electron chi connectivity index (χ3n) is 3.54. The summed E-state index contributed by atoms with van der Waals surface area (Å²) in [6.45, 7) is 17.8. The van der Waals surface area contributed by atoms with E-state index in [-0.39, 0.29) is 0 Å². The highest BCUT2D eigenvalue weighted by molar-refractivity contribution is 4.69. The van der Waals surface area contributed by atoms with Crippen molar-refractivity contribution in [1.82, 2.24) is 14.7 Å². The molecule has 0 spiro atoms. The summed E-state index contributed by atoms with van der Waals surface area (Å²) in [5, 5.41) is 0. The van der Waals surface area contributed by atoms with Gasteiger partial charge in [0, 0.05) is 39.3 Å². The Kier molecular flexibility index (Phi) is 6.22. The van der Waals surface area contributed by atoms with Crippen molar-refractivity contribution in [3.63, 3.8) is 0 Å². The van der Waals surface area contributed by atoms with Crippen LogP contribution in [0.5, 0.6) is 0 Å². The molecule has 0 aromatic heterocycles. The normalized spacial score (nSPS) is 23.4. The fourth-order valence-corrected chi connectivity index (χ4v) is 2.13. The van der Waals surface area contributed by atoms with Crippen LogP contribution in [0.1, 0.15) is 20.8 Å². The molecule has 0 saturated carbocycles. The van der Waals surface area contributed by atoms with Crippen LogP contribution in [-0.2, 0) is 0 Å². The summed E-state index contributed by atoms with van der Waals surface area (Å²) in [6.07, 6.45) is 0. The Morgan fingerprint density at radius 3 is 0.867 bits per heavy atom.